The lowest BCUT2D eigenvalue weighted by Gasteiger charge is -2.35. The van der Waals surface area contributed by atoms with E-state index in [9.17, 15) is 18.4 Å². The van der Waals surface area contributed by atoms with E-state index in [0.717, 1.165) is 17.8 Å². The average molecular weight is 396 g/mol. The first-order valence-electron chi connectivity index (χ1n) is 8.35. The van der Waals surface area contributed by atoms with Crippen LogP contribution in [-0.2, 0) is 4.79 Å². The Morgan fingerprint density at radius 1 is 0.889 bits per heavy atom. The van der Waals surface area contributed by atoms with Crippen LogP contribution < -0.4 is 5.32 Å². The van der Waals surface area contributed by atoms with Crippen molar-refractivity contribution >= 4 is 29.9 Å². The number of carbonyl (C=O) groups excluding carboxylic acids is 2. The highest BCUT2D eigenvalue weighted by Gasteiger charge is 2.25. The Labute approximate surface area is 162 Å². The van der Waals surface area contributed by atoms with E-state index in [-0.39, 0.29) is 36.3 Å². The molecule has 0 atom stereocenters. The zero-order chi connectivity index (χ0) is 18.5. The topological polar surface area (TPSA) is 52.7 Å². The molecule has 5 nitrogen and oxygen atoms in total. The molecule has 0 spiro atoms. The molecule has 144 valence electrons. The number of rotatable bonds is 4. The molecule has 1 fully saturated rings. The average Bonchev–Trinajstić information content (AvgIpc) is 2.68. The fraction of sp³-hybridized carbons (Fsp3) is 0.263. The molecule has 0 radical (unpaired) electrons. The maximum absolute atomic E-state index is 13.3. The van der Waals surface area contributed by atoms with Crippen molar-refractivity contribution in [3.8, 4) is 0 Å². The van der Waals surface area contributed by atoms with Crippen LogP contribution >= 0.6 is 12.4 Å². The van der Waals surface area contributed by atoms with Crippen molar-refractivity contribution in [2.75, 3.05) is 38.0 Å². The zero-order valence-corrected chi connectivity index (χ0v) is 15.3. The Balaban J connectivity index is 0.00000261. The van der Waals surface area contributed by atoms with E-state index in [0.29, 0.717) is 26.2 Å². The van der Waals surface area contributed by atoms with E-state index in [4.69, 9.17) is 0 Å². The summed E-state index contributed by atoms with van der Waals surface area (Å²) in [6.45, 7) is 1.71. The Kier molecular flexibility index (Phi) is 7.12. The SMILES string of the molecule is Cl.O=C(CNc1ccccc1)N1CCN(C(=O)c2ccc(F)c(F)c2)CC1. The molecule has 2 aromatic carbocycles. The van der Waals surface area contributed by atoms with E-state index in [1.807, 2.05) is 30.3 Å². The van der Waals surface area contributed by atoms with E-state index < -0.39 is 11.6 Å². The van der Waals surface area contributed by atoms with Gasteiger partial charge in [0.25, 0.3) is 5.91 Å². The Morgan fingerprint density at radius 3 is 2.15 bits per heavy atom. The van der Waals surface area contributed by atoms with E-state index in [1.165, 1.54) is 6.07 Å². The lowest BCUT2D eigenvalue weighted by atomic mass is 10.1. The van der Waals surface area contributed by atoms with Gasteiger partial charge in [-0.05, 0) is 30.3 Å². The zero-order valence-electron chi connectivity index (χ0n) is 14.5. The molecule has 0 aliphatic carbocycles. The number of carbonyl (C=O) groups is 2. The van der Waals surface area contributed by atoms with Crippen LogP contribution in [0.5, 0.6) is 0 Å². The molecule has 1 aliphatic heterocycles. The lowest BCUT2D eigenvalue weighted by Crippen LogP contribution is -2.51. The minimum absolute atomic E-state index is 0. The monoisotopic (exact) mass is 395 g/mol. The summed E-state index contributed by atoms with van der Waals surface area (Å²) in [7, 11) is 0. The maximum Gasteiger partial charge on any atom is 0.254 e. The van der Waals surface area contributed by atoms with Crippen molar-refractivity contribution in [2.24, 2.45) is 0 Å². The summed E-state index contributed by atoms with van der Waals surface area (Å²) in [5, 5.41) is 3.06. The minimum atomic E-state index is -1.04. The molecule has 2 aromatic rings. The van der Waals surface area contributed by atoms with Gasteiger partial charge in [-0.25, -0.2) is 8.78 Å². The number of piperazine rings is 1. The fourth-order valence-corrected chi connectivity index (χ4v) is 2.82. The highest BCUT2D eigenvalue weighted by molar-refractivity contribution is 5.94. The molecule has 0 aromatic heterocycles. The third-order valence-corrected chi connectivity index (χ3v) is 4.30. The third kappa shape index (κ3) is 5.17. The summed E-state index contributed by atoms with van der Waals surface area (Å²) in [6, 6.07) is 12.5. The molecule has 8 heteroatoms. The van der Waals surface area contributed by atoms with Gasteiger partial charge in [0.2, 0.25) is 5.91 Å². The predicted octanol–water partition coefficient (Wildman–Crippen LogP) is 2.78. The second kappa shape index (κ2) is 9.32. The molecule has 2 amide bonds. The summed E-state index contributed by atoms with van der Waals surface area (Å²) in [5.74, 6) is -2.44. The standard InChI is InChI=1S/C19H19F2N3O2.ClH/c20-16-7-6-14(12-17(16)21)19(26)24-10-8-23(9-11-24)18(25)13-22-15-4-2-1-3-5-15;/h1-7,12,22H,8-11,13H2;1H. The maximum atomic E-state index is 13.3. The van der Waals surface area contributed by atoms with Crippen molar-refractivity contribution in [3.05, 3.63) is 65.7 Å². The summed E-state index contributed by atoms with van der Waals surface area (Å²) in [4.78, 5) is 27.9. The second-order valence-corrected chi connectivity index (χ2v) is 6.02. The molecular weight excluding hydrogens is 376 g/mol. The number of anilines is 1. The van der Waals surface area contributed by atoms with Crippen molar-refractivity contribution in [1.82, 2.24) is 9.80 Å². The number of benzene rings is 2. The lowest BCUT2D eigenvalue weighted by molar-refractivity contribution is -0.130. The number of nitrogens with one attached hydrogen (secondary N) is 1. The largest absolute Gasteiger partial charge is 0.376 e. The molecule has 1 heterocycles. The Hall–Kier alpha value is -2.67. The van der Waals surface area contributed by atoms with Crippen molar-refractivity contribution in [1.29, 1.82) is 0 Å². The van der Waals surface area contributed by atoms with Crippen LogP contribution in [0.15, 0.2) is 48.5 Å². The molecule has 3 rings (SSSR count). The summed E-state index contributed by atoms with van der Waals surface area (Å²) in [5.41, 5.74) is 0.974. The first kappa shape index (κ1) is 20.6. The third-order valence-electron chi connectivity index (χ3n) is 4.30. The smallest absolute Gasteiger partial charge is 0.254 e. The van der Waals surface area contributed by atoms with Gasteiger partial charge in [0.15, 0.2) is 11.6 Å². The van der Waals surface area contributed by atoms with Gasteiger partial charge in [0.05, 0.1) is 6.54 Å². The molecule has 0 bridgehead atoms. The predicted molar refractivity (Wildman–Crippen MR) is 101 cm³/mol. The van der Waals surface area contributed by atoms with E-state index >= 15 is 0 Å². The van der Waals surface area contributed by atoms with Crippen LogP contribution in [0.2, 0.25) is 0 Å². The Bertz CT molecular complexity index is 797. The fourth-order valence-electron chi connectivity index (χ4n) is 2.82. The number of nitrogens with zero attached hydrogens (tertiary/aromatic N) is 2. The first-order chi connectivity index (χ1) is 12.5. The van der Waals surface area contributed by atoms with Gasteiger partial charge in [-0.1, -0.05) is 18.2 Å². The van der Waals surface area contributed by atoms with Gasteiger partial charge >= 0.3 is 0 Å². The molecular formula is C19H20ClF2N3O2. The van der Waals surface area contributed by atoms with Crippen LogP contribution in [0.1, 0.15) is 10.4 Å². The molecule has 1 aliphatic rings. The summed E-state index contributed by atoms with van der Waals surface area (Å²) < 4.78 is 26.3. The van der Waals surface area contributed by atoms with E-state index in [2.05, 4.69) is 5.32 Å². The molecule has 27 heavy (non-hydrogen) atoms. The highest BCUT2D eigenvalue weighted by atomic mass is 35.5. The van der Waals surface area contributed by atoms with Crippen molar-refractivity contribution in [2.45, 2.75) is 0 Å². The first-order valence-corrected chi connectivity index (χ1v) is 8.35. The van der Waals surface area contributed by atoms with Crippen LogP contribution in [0.25, 0.3) is 0 Å². The van der Waals surface area contributed by atoms with Gasteiger partial charge in [0, 0.05) is 37.4 Å². The minimum Gasteiger partial charge on any atom is -0.376 e. The molecule has 1 N–H and O–H groups in total. The quantitative estimate of drug-likeness (QED) is 0.866. The van der Waals surface area contributed by atoms with Gasteiger partial charge < -0.3 is 15.1 Å². The number of hydrogen-bond acceptors (Lipinski definition) is 3. The molecule has 1 saturated heterocycles. The van der Waals surface area contributed by atoms with Gasteiger partial charge in [-0.15, -0.1) is 12.4 Å². The Morgan fingerprint density at radius 2 is 1.52 bits per heavy atom. The van der Waals surface area contributed by atoms with Gasteiger partial charge in [-0.2, -0.15) is 0 Å². The van der Waals surface area contributed by atoms with Gasteiger partial charge in [-0.3, -0.25) is 9.59 Å². The van der Waals surface area contributed by atoms with Crippen molar-refractivity contribution < 1.29 is 18.4 Å². The van der Waals surface area contributed by atoms with Gasteiger partial charge in [0.1, 0.15) is 0 Å². The van der Waals surface area contributed by atoms with E-state index in [1.54, 1.807) is 9.80 Å². The summed E-state index contributed by atoms with van der Waals surface area (Å²) >= 11 is 0. The van der Waals surface area contributed by atoms with Crippen LogP contribution in [0, 0.1) is 11.6 Å². The molecule has 0 unspecified atom stereocenters. The van der Waals surface area contributed by atoms with Crippen molar-refractivity contribution in [3.63, 3.8) is 0 Å². The molecule has 0 saturated carbocycles. The number of amides is 2. The second-order valence-electron chi connectivity index (χ2n) is 6.02. The highest BCUT2D eigenvalue weighted by Crippen LogP contribution is 2.13. The van der Waals surface area contributed by atoms with Crippen LogP contribution in [0.4, 0.5) is 14.5 Å². The number of halogens is 3. The number of para-hydroxylation sites is 1. The summed E-state index contributed by atoms with van der Waals surface area (Å²) in [6.07, 6.45) is 0. The normalized spacial score (nSPS) is 13.7. The van der Waals surface area contributed by atoms with Crippen LogP contribution in [0.3, 0.4) is 0 Å². The number of hydrogen-bond donors (Lipinski definition) is 1. The van der Waals surface area contributed by atoms with Crippen LogP contribution in [-0.4, -0.2) is 54.3 Å².